The van der Waals surface area contributed by atoms with E-state index in [1.165, 1.54) is 6.42 Å². The van der Waals surface area contributed by atoms with Crippen LogP contribution in [0.15, 0.2) is 9.32 Å². The van der Waals surface area contributed by atoms with Crippen molar-refractivity contribution < 1.29 is 19.2 Å². The third-order valence-corrected chi connectivity index (χ3v) is 7.09. The molecule has 1 atom stereocenters. The first-order chi connectivity index (χ1) is 15.0. The van der Waals surface area contributed by atoms with Crippen LogP contribution in [0, 0.1) is 19.3 Å². The van der Waals surface area contributed by atoms with Crippen LogP contribution in [0.5, 0.6) is 0 Å². The molecule has 2 N–H and O–H groups in total. The minimum Gasteiger partial charge on any atom is -0.359 e. The van der Waals surface area contributed by atoms with Crippen molar-refractivity contribution in [3.05, 3.63) is 33.1 Å². The molecule has 9 nitrogen and oxygen atoms in total. The summed E-state index contributed by atoms with van der Waals surface area (Å²) in [7, 11) is 1.85. The van der Waals surface area contributed by atoms with Crippen LogP contribution in [-0.4, -0.2) is 32.1 Å². The van der Waals surface area contributed by atoms with Crippen molar-refractivity contribution in [2.24, 2.45) is 12.5 Å². The van der Waals surface area contributed by atoms with Gasteiger partial charge in [0.15, 0.2) is 11.5 Å². The highest BCUT2D eigenvalue weighted by molar-refractivity contribution is 6.04. The van der Waals surface area contributed by atoms with Crippen molar-refractivity contribution in [3.8, 4) is 0 Å². The second-order valence-corrected chi connectivity index (χ2v) is 10.1. The highest BCUT2D eigenvalue weighted by atomic mass is 16.6. The Morgan fingerprint density at radius 2 is 1.88 bits per heavy atom. The summed E-state index contributed by atoms with van der Waals surface area (Å²) in [6.07, 6.45) is 6.42. The Bertz CT molecular complexity index is 1060. The number of hydrogen-bond acceptors (Lipinski definition) is 6. The van der Waals surface area contributed by atoms with E-state index >= 15 is 0 Å². The number of ether oxygens (including phenoxy) is 1. The van der Waals surface area contributed by atoms with Gasteiger partial charge in [0, 0.05) is 19.0 Å². The SMILES string of the molecule is Cc1c(C(=O)Nc2c(C)n(C)n(C3CCCCC3)c2=O)noc1[C@@]1(O)CCC(C)(C)CO1. The summed E-state index contributed by atoms with van der Waals surface area (Å²) in [5, 5.41) is 17.6. The van der Waals surface area contributed by atoms with Gasteiger partial charge in [-0.05, 0) is 38.5 Å². The molecule has 0 unspecified atom stereocenters. The lowest BCUT2D eigenvalue weighted by Gasteiger charge is -2.38. The van der Waals surface area contributed by atoms with Crippen LogP contribution in [-0.2, 0) is 17.6 Å². The van der Waals surface area contributed by atoms with Gasteiger partial charge in [0.05, 0.1) is 18.3 Å². The standard InChI is InChI=1S/C23H34N4O5/c1-14-17(25-32-19(14)23(30)12-11-22(3,4)13-31-23)20(28)24-18-15(2)26(5)27(21(18)29)16-9-7-6-8-10-16/h16,30H,6-13H2,1-5H3,(H,24,28)/t23-/m1/s1. The van der Waals surface area contributed by atoms with Gasteiger partial charge in [0.25, 0.3) is 11.5 Å². The fourth-order valence-electron chi connectivity index (χ4n) is 4.84. The molecule has 2 aromatic heterocycles. The molecule has 176 valence electrons. The maximum Gasteiger partial charge on any atom is 0.291 e. The van der Waals surface area contributed by atoms with E-state index in [0.29, 0.717) is 24.3 Å². The van der Waals surface area contributed by atoms with Crippen LogP contribution in [0.1, 0.15) is 92.3 Å². The Labute approximate surface area is 187 Å². The molecule has 0 aromatic carbocycles. The molecular weight excluding hydrogens is 412 g/mol. The summed E-state index contributed by atoms with van der Waals surface area (Å²) >= 11 is 0. The zero-order chi connectivity index (χ0) is 23.3. The van der Waals surface area contributed by atoms with Gasteiger partial charge in [0.1, 0.15) is 5.69 Å². The fraction of sp³-hybridized carbons (Fsp3) is 0.696. The van der Waals surface area contributed by atoms with Crippen molar-refractivity contribution in [2.45, 2.75) is 84.5 Å². The lowest BCUT2D eigenvalue weighted by atomic mass is 9.83. The summed E-state index contributed by atoms with van der Waals surface area (Å²) < 4.78 is 14.7. The Morgan fingerprint density at radius 1 is 1.19 bits per heavy atom. The number of amides is 1. The first-order valence-electron chi connectivity index (χ1n) is 11.5. The quantitative estimate of drug-likeness (QED) is 0.743. The van der Waals surface area contributed by atoms with E-state index in [-0.39, 0.29) is 34.2 Å². The van der Waals surface area contributed by atoms with Crippen molar-refractivity contribution in [2.75, 3.05) is 11.9 Å². The number of aromatic nitrogens is 3. The van der Waals surface area contributed by atoms with Crippen molar-refractivity contribution in [1.82, 2.24) is 14.5 Å². The highest BCUT2D eigenvalue weighted by Gasteiger charge is 2.44. The molecule has 2 fully saturated rings. The zero-order valence-electron chi connectivity index (χ0n) is 19.7. The molecule has 0 spiro atoms. The van der Waals surface area contributed by atoms with Crippen molar-refractivity contribution >= 4 is 11.6 Å². The number of carbonyl (C=O) groups is 1. The Hall–Kier alpha value is -2.39. The molecule has 4 rings (SSSR count). The summed E-state index contributed by atoms with van der Waals surface area (Å²) in [6.45, 7) is 7.99. The van der Waals surface area contributed by atoms with E-state index in [0.717, 1.165) is 32.1 Å². The summed E-state index contributed by atoms with van der Waals surface area (Å²) in [6, 6.07) is 0.146. The van der Waals surface area contributed by atoms with Crippen molar-refractivity contribution in [3.63, 3.8) is 0 Å². The van der Waals surface area contributed by atoms with Gasteiger partial charge in [-0.3, -0.25) is 14.3 Å². The smallest absolute Gasteiger partial charge is 0.291 e. The second kappa shape index (κ2) is 8.19. The number of hydrogen-bond donors (Lipinski definition) is 2. The van der Waals surface area contributed by atoms with Gasteiger partial charge in [0.2, 0.25) is 5.79 Å². The molecule has 1 saturated carbocycles. The highest BCUT2D eigenvalue weighted by Crippen LogP contribution is 2.41. The number of nitrogens with one attached hydrogen (secondary N) is 1. The molecular formula is C23H34N4O5. The minimum absolute atomic E-state index is 0.0359. The zero-order valence-corrected chi connectivity index (χ0v) is 19.7. The van der Waals surface area contributed by atoms with E-state index in [1.807, 2.05) is 18.7 Å². The Kier molecular flexibility index (Phi) is 5.83. The van der Waals surface area contributed by atoms with Gasteiger partial charge >= 0.3 is 0 Å². The predicted molar refractivity (Wildman–Crippen MR) is 119 cm³/mol. The van der Waals surface area contributed by atoms with Crippen molar-refractivity contribution in [1.29, 1.82) is 0 Å². The van der Waals surface area contributed by atoms with Gasteiger partial charge < -0.3 is 19.7 Å². The van der Waals surface area contributed by atoms with E-state index in [1.54, 1.807) is 11.6 Å². The summed E-state index contributed by atoms with van der Waals surface area (Å²) in [4.78, 5) is 26.2. The molecule has 1 saturated heterocycles. The van der Waals surface area contributed by atoms with Gasteiger partial charge in [-0.2, -0.15) is 0 Å². The molecule has 3 heterocycles. The Morgan fingerprint density at radius 3 is 2.50 bits per heavy atom. The van der Waals surface area contributed by atoms with E-state index in [2.05, 4.69) is 24.3 Å². The lowest BCUT2D eigenvalue weighted by Crippen LogP contribution is -2.40. The molecule has 1 amide bonds. The fourth-order valence-corrected chi connectivity index (χ4v) is 4.84. The minimum atomic E-state index is -1.61. The molecule has 2 aliphatic rings. The van der Waals surface area contributed by atoms with Crippen LogP contribution >= 0.6 is 0 Å². The summed E-state index contributed by atoms with van der Waals surface area (Å²) in [5.41, 5.74) is 1.14. The lowest BCUT2D eigenvalue weighted by molar-refractivity contribution is -0.267. The monoisotopic (exact) mass is 446 g/mol. The molecule has 0 radical (unpaired) electrons. The van der Waals surface area contributed by atoms with Crippen LogP contribution in [0.4, 0.5) is 5.69 Å². The average Bonchev–Trinajstić information content (AvgIpc) is 3.25. The largest absolute Gasteiger partial charge is 0.359 e. The summed E-state index contributed by atoms with van der Waals surface area (Å²) in [5.74, 6) is -2.01. The van der Waals surface area contributed by atoms with Gasteiger partial charge in [-0.15, -0.1) is 0 Å². The van der Waals surface area contributed by atoms with Gasteiger partial charge in [-0.25, -0.2) is 4.68 Å². The van der Waals surface area contributed by atoms with Crippen LogP contribution < -0.4 is 10.9 Å². The van der Waals surface area contributed by atoms with Crippen LogP contribution in [0.2, 0.25) is 0 Å². The van der Waals surface area contributed by atoms with Gasteiger partial charge in [-0.1, -0.05) is 38.3 Å². The van der Waals surface area contributed by atoms with Crippen LogP contribution in [0.25, 0.3) is 0 Å². The number of carbonyl (C=O) groups excluding carboxylic acids is 1. The van der Waals surface area contributed by atoms with E-state index in [4.69, 9.17) is 9.26 Å². The van der Waals surface area contributed by atoms with E-state index in [9.17, 15) is 14.7 Å². The average molecular weight is 447 g/mol. The maximum absolute atomic E-state index is 13.1. The molecule has 32 heavy (non-hydrogen) atoms. The number of anilines is 1. The Balaban J connectivity index is 1.58. The molecule has 9 heteroatoms. The first-order valence-corrected chi connectivity index (χ1v) is 11.5. The maximum atomic E-state index is 13.1. The number of rotatable bonds is 4. The molecule has 1 aliphatic heterocycles. The molecule has 0 bridgehead atoms. The second-order valence-electron chi connectivity index (χ2n) is 10.1. The number of aliphatic hydroxyl groups is 1. The van der Waals surface area contributed by atoms with Crippen LogP contribution in [0.3, 0.4) is 0 Å². The molecule has 2 aromatic rings. The third kappa shape index (κ3) is 3.92. The topological polar surface area (TPSA) is 112 Å². The molecule has 1 aliphatic carbocycles. The van der Waals surface area contributed by atoms with E-state index < -0.39 is 11.7 Å². The third-order valence-electron chi connectivity index (χ3n) is 7.09. The first kappa shape index (κ1) is 22.8. The predicted octanol–water partition coefficient (Wildman–Crippen LogP) is 3.53. The number of nitrogens with zero attached hydrogens (tertiary/aromatic N) is 3. The normalized spacial score (nSPS) is 23.9.